The molecule has 196 valence electrons. The molecule has 4 rings (SSSR count). The minimum atomic E-state index is -0.0722. The van der Waals surface area contributed by atoms with Crippen molar-refractivity contribution in [2.75, 3.05) is 39.6 Å². The summed E-state index contributed by atoms with van der Waals surface area (Å²) in [5.41, 5.74) is 4.33. The number of aliphatic imine (C=N–C) groups is 1. The number of fused-ring (bicyclic) bond motifs is 1. The van der Waals surface area contributed by atoms with Crippen LogP contribution in [0.5, 0.6) is 0 Å². The van der Waals surface area contributed by atoms with Gasteiger partial charge in [0, 0.05) is 43.5 Å². The number of hydrogen-bond donors (Lipinski definition) is 5. The summed E-state index contributed by atoms with van der Waals surface area (Å²) >= 11 is 0. The van der Waals surface area contributed by atoms with Crippen molar-refractivity contribution in [2.24, 2.45) is 10.9 Å². The smallest absolute Gasteiger partial charge is 0.197 e. The number of amidine groups is 1. The SMILES string of the molecule is CO[NH+](O)c1ccc(CCCCNCC2CCC(NC3N=C(N(C)C)c4ccccc4N3)CC2)cc1. The van der Waals surface area contributed by atoms with Crippen molar-refractivity contribution < 1.29 is 15.3 Å². The molecule has 2 aromatic rings. The molecule has 2 atom stereocenters. The van der Waals surface area contributed by atoms with Crippen LogP contribution in [0.3, 0.4) is 0 Å². The molecule has 0 amide bonds. The van der Waals surface area contributed by atoms with E-state index >= 15 is 0 Å². The third-order valence-corrected chi connectivity index (χ3v) is 7.27. The number of para-hydroxylation sites is 1. The summed E-state index contributed by atoms with van der Waals surface area (Å²) in [4.78, 5) is 11.9. The molecule has 0 saturated heterocycles. The zero-order valence-corrected chi connectivity index (χ0v) is 22.0. The zero-order chi connectivity index (χ0) is 25.3. The minimum Gasteiger partial charge on any atom is -0.362 e. The van der Waals surface area contributed by atoms with Crippen LogP contribution in [0.25, 0.3) is 0 Å². The lowest BCUT2D eigenvalue weighted by Crippen LogP contribution is -3.03. The summed E-state index contributed by atoms with van der Waals surface area (Å²) < 4.78 is 0. The van der Waals surface area contributed by atoms with Gasteiger partial charge in [-0.2, -0.15) is 10.0 Å². The Morgan fingerprint density at radius 1 is 1.06 bits per heavy atom. The Labute approximate surface area is 215 Å². The first-order chi connectivity index (χ1) is 17.5. The topological polar surface area (TPSA) is 85.6 Å². The van der Waals surface area contributed by atoms with Crippen molar-refractivity contribution in [3.05, 3.63) is 59.7 Å². The maximum atomic E-state index is 9.62. The number of nitrogens with zero attached hydrogens (tertiary/aromatic N) is 2. The van der Waals surface area contributed by atoms with E-state index < -0.39 is 0 Å². The number of nitrogens with one attached hydrogen (secondary N) is 4. The van der Waals surface area contributed by atoms with E-state index in [9.17, 15) is 5.21 Å². The number of rotatable bonds is 11. The van der Waals surface area contributed by atoms with E-state index in [0.717, 1.165) is 54.6 Å². The molecular weight excluding hydrogens is 452 g/mol. The van der Waals surface area contributed by atoms with E-state index in [1.807, 2.05) is 12.1 Å². The molecule has 5 N–H and O–H groups in total. The van der Waals surface area contributed by atoms with Gasteiger partial charge in [0.15, 0.2) is 12.0 Å². The van der Waals surface area contributed by atoms with Gasteiger partial charge in [0.25, 0.3) is 0 Å². The molecule has 2 unspecified atom stereocenters. The normalized spacial score (nSPS) is 22.3. The van der Waals surface area contributed by atoms with Gasteiger partial charge >= 0.3 is 0 Å². The van der Waals surface area contributed by atoms with Crippen LogP contribution in [-0.4, -0.2) is 62.6 Å². The summed E-state index contributed by atoms with van der Waals surface area (Å²) in [5, 5.41) is 20.6. The Kier molecular flexibility index (Phi) is 9.72. The highest BCUT2D eigenvalue weighted by Crippen LogP contribution is 2.26. The summed E-state index contributed by atoms with van der Waals surface area (Å²) in [7, 11) is 5.59. The standard InChI is InChI=1S/C28H42N6O2/c1-33(2)27-25-9-4-5-10-26(25)31-28(32-27)30-23-15-11-22(12-16-23)20-29-19-7-6-8-21-13-17-24(18-14-21)34(35)36-3/h4-5,9-10,13-14,17-18,22-23,28-31,35H,6-8,11-12,15-16,19-20H2,1-3H3/p+1. The average Bonchev–Trinajstić information content (AvgIpc) is 2.91. The molecule has 0 aromatic heterocycles. The molecule has 2 aliphatic rings. The highest BCUT2D eigenvalue weighted by atomic mass is 16.9. The van der Waals surface area contributed by atoms with Crippen molar-refractivity contribution in [1.82, 2.24) is 15.5 Å². The highest BCUT2D eigenvalue weighted by molar-refractivity contribution is 6.04. The van der Waals surface area contributed by atoms with Gasteiger partial charge in [-0.15, -0.1) is 0 Å². The van der Waals surface area contributed by atoms with Gasteiger partial charge in [-0.1, -0.05) is 24.3 Å². The van der Waals surface area contributed by atoms with Crippen LogP contribution in [-0.2, 0) is 11.3 Å². The quantitative estimate of drug-likeness (QED) is 0.244. The lowest BCUT2D eigenvalue weighted by molar-refractivity contribution is -1.19. The first-order valence-corrected chi connectivity index (χ1v) is 13.3. The lowest BCUT2D eigenvalue weighted by Gasteiger charge is -2.34. The number of aryl methyl sites for hydroxylation is 1. The van der Waals surface area contributed by atoms with Gasteiger partial charge in [0.2, 0.25) is 0 Å². The van der Waals surface area contributed by atoms with Gasteiger partial charge < -0.3 is 15.5 Å². The molecule has 0 radical (unpaired) electrons. The van der Waals surface area contributed by atoms with E-state index in [1.54, 1.807) is 0 Å². The molecule has 1 aliphatic heterocycles. The van der Waals surface area contributed by atoms with Crippen molar-refractivity contribution in [1.29, 1.82) is 0 Å². The van der Waals surface area contributed by atoms with Crippen LogP contribution in [0.4, 0.5) is 11.4 Å². The van der Waals surface area contributed by atoms with Crippen molar-refractivity contribution in [3.63, 3.8) is 0 Å². The molecule has 0 spiro atoms. The summed E-state index contributed by atoms with van der Waals surface area (Å²) in [6.07, 6.45) is 8.24. The fourth-order valence-electron chi connectivity index (χ4n) is 5.18. The number of unbranched alkanes of at least 4 members (excludes halogenated alkanes) is 1. The molecule has 1 aliphatic carbocycles. The van der Waals surface area contributed by atoms with E-state index in [0.29, 0.717) is 6.04 Å². The number of anilines is 1. The van der Waals surface area contributed by atoms with Crippen LogP contribution in [0.15, 0.2) is 53.5 Å². The molecule has 8 nitrogen and oxygen atoms in total. The number of quaternary nitrogens is 1. The molecule has 1 saturated carbocycles. The highest BCUT2D eigenvalue weighted by Gasteiger charge is 2.26. The third-order valence-electron chi connectivity index (χ3n) is 7.27. The van der Waals surface area contributed by atoms with Crippen LogP contribution in [0, 0.1) is 5.92 Å². The second-order valence-electron chi connectivity index (χ2n) is 10.2. The Bertz CT molecular complexity index is 972. The maximum Gasteiger partial charge on any atom is 0.197 e. The maximum absolute atomic E-state index is 9.62. The van der Waals surface area contributed by atoms with Crippen molar-refractivity contribution in [2.45, 2.75) is 57.3 Å². The first kappa shape index (κ1) is 26.6. The summed E-state index contributed by atoms with van der Waals surface area (Å²) in [6, 6.07) is 16.9. The Morgan fingerprint density at radius 2 is 1.81 bits per heavy atom. The zero-order valence-electron chi connectivity index (χ0n) is 22.0. The van der Waals surface area contributed by atoms with Crippen molar-refractivity contribution in [3.8, 4) is 0 Å². The van der Waals surface area contributed by atoms with Crippen LogP contribution < -0.4 is 21.2 Å². The number of benzene rings is 2. The predicted octanol–water partition coefficient (Wildman–Crippen LogP) is 2.93. The fourth-order valence-corrected chi connectivity index (χ4v) is 5.18. The monoisotopic (exact) mass is 495 g/mol. The molecule has 8 heteroatoms. The largest absolute Gasteiger partial charge is 0.362 e. The number of hydrogen-bond acceptors (Lipinski definition) is 7. The van der Waals surface area contributed by atoms with Crippen molar-refractivity contribution >= 4 is 17.2 Å². The van der Waals surface area contributed by atoms with E-state index in [1.165, 1.54) is 44.8 Å². The first-order valence-electron chi connectivity index (χ1n) is 13.3. The molecule has 1 heterocycles. The predicted molar refractivity (Wildman–Crippen MR) is 145 cm³/mol. The van der Waals surface area contributed by atoms with E-state index in [4.69, 9.17) is 9.83 Å². The summed E-state index contributed by atoms with van der Waals surface area (Å²) in [5.74, 6) is 1.79. The van der Waals surface area contributed by atoms with Gasteiger partial charge in [-0.3, -0.25) is 5.32 Å². The van der Waals surface area contributed by atoms with Crippen LogP contribution in [0.2, 0.25) is 0 Å². The molecule has 36 heavy (non-hydrogen) atoms. The second-order valence-corrected chi connectivity index (χ2v) is 10.2. The Balaban J connectivity index is 1.10. The van der Waals surface area contributed by atoms with E-state index in [2.05, 4.69) is 71.3 Å². The van der Waals surface area contributed by atoms with E-state index in [-0.39, 0.29) is 11.5 Å². The lowest BCUT2D eigenvalue weighted by atomic mass is 9.86. The molecule has 2 aromatic carbocycles. The van der Waals surface area contributed by atoms with Gasteiger partial charge in [-0.25, -0.2) is 4.99 Å². The second kappa shape index (κ2) is 13.2. The van der Waals surface area contributed by atoms with Crippen LogP contribution >= 0.6 is 0 Å². The Morgan fingerprint density at radius 3 is 2.53 bits per heavy atom. The third kappa shape index (κ3) is 7.27. The minimum absolute atomic E-state index is 0.0287. The van der Waals surface area contributed by atoms with Gasteiger partial charge in [0.1, 0.15) is 12.9 Å². The van der Waals surface area contributed by atoms with Crippen LogP contribution in [0.1, 0.15) is 49.7 Å². The molecular formula is C28H43N6O2+. The van der Waals surface area contributed by atoms with Gasteiger partial charge in [-0.05, 0) is 86.9 Å². The Hall–Kier alpha value is -2.49. The molecule has 0 bridgehead atoms. The fraction of sp³-hybridized carbons (Fsp3) is 0.536. The summed E-state index contributed by atoms with van der Waals surface area (Å²) in [6.45, 7) is 2.19. The molecule has 1 fully saturated rings. The average molecular weight is 496 g/mol. The van der Waals surface area contributed by atoms with Gasteiger partial charge in [0.05, 0.1) is 0 Å².